The van der Waals surface area contributed by atoms with E-state index in [1.54, 1.807) is 11.0 Å². The van der Waals surface area contributed by atoms with Crippen LogP contribution < -0.4 is 5.32 Å². The number of nitrogens with zero attached hydrogens (tertiary/aromatic N) is 5. The van der Waals surface area contributed by atoms with Gasteiger partial charge in [-0.15, -0.1) is 0 Å². The Hall–Kier alpha value is -1.59. The second kappa shape index (κ2) is 8.15. The van der Waals surface area contributed by atoms with Gasteiger partial charge in [0.1, 0.15) is 18.7 Å². The summed E-state index contributed by atoms with van der Waals surface area (Å²) in [7, 11) is 1.91. The second-order valence-electron chi connectivity index (χ2n) is 6.04. The molecule has 1 aromatic rings. The summed E-state index contributed by atoms with van der Waals surface area (Å²) in [6, 6.07) is 0. The standard InChI is InChI=1S/C16H30N6/c1-5-13(6-2)14-8-9-22(11-14)16(17-7-3)18-10-15-19-12-20-21(15)4/h12-14H,5-11H2,1-4H3,(H,17,18). The van der Waals surface area contributed by atoms with Crippen LogP contribution in [0.2, 0.25) is 0 Å². The minimum Gasteiger partial charge on any atom is -0.357 e. The van der Waals surface area contributed by atoms with E-state index in [9.17, 15) is 0 Å². The number of hydrogen-bond donors (Lipinski definition) is 1. The zero-order valence-corrected chi connectivity index (χ0v) is 14.4. The smallest absolute Gasteiger partial charge is 0.194 e. The Bertz CT molecular complexity index is 477. The van der Waals surface area contributed by atoms with Crippen molar-refractivity contribution in [2.24, 2.45) is 23.9 Å². The minimum atomic E-state index is 0.574. The quantitative estimate of drug-likeness (QED) is 0.645. The van der Waals surface area contributed by atoms with Gasteiger partial charge in [-0.3, -0.25) is 4.68 Å². The van der Waals surface area contributed by atoms with Crippen molar-refractivity contribution in [3.05, 3.63) is 12.2 Å². The molecule has 0 spiro atoms. The van der Waals surface area contributed by atoms with Crippen LogP contribution in [0.25, 0.3) is 0 Å². The summed E-state index contributed by atoms with van der Waals surface area (Å²) in [5.41, 5.74) is 0. The highest BCUT2D eigenvalue weighted by atomic mass is 15.3. The molecule has 0 radical (unpaired) electrons. The van der Waals surface area contributed by atoms with Crippen molar-refractivity contribution in [1.29, 1.82) is 0 Å². The van der Waals surface area contributed by atoms with Crippen LogP contribution in [0.4, 0.5) is 0 Å². The summed E-state index contributed by atoms with van der Waals surface area (Å²) in [6.07, 6.45) is 5.42. The molecule has 0 aliphatic carbocycles. The Morgan fingerprint density at radius 1 is 1.41 bits per heavy atom. The molecule has 6 heteroatoms. The highest BCUT2D eigenvalue weighted by molar-refractivity contribution is 5.80. The zero-order valence-electron chi connectivity index (χ0n) is 14.4. The number of hydrogen-bond acceptors (Lipinski definition) is 3. The fraction of sp³-hybridized carbons (Fsp3) is 0.812. The molecule has 1 fully saturated rings. The number of nitrogens with one attached hydrogen (secondary N) is 1. The lowest BCUT2D eigenvalue weighted by Crippen LogP contribution is -2.40. The van der Waals surface area contributed by atoms with E-state index in [1.165, 1.54) is 19.3 Å². The molecule has 0 amide bonds. The van der Waals surface area contributed by atoms with E-state index < -0.39 is 0 Å². The highest BCUT2D eigenvalue weighted by Gasteiger charge is 2.29. The molecule has 1 N–H and O–H groups in total. The molecule has 1 unspecified atom stereocenters. The molecule has 124 valence electrons. The average Bonchev–Trinajstić information content (AvgIpc) is 3.15. The molecule has 2 rings (SSSR count). The molecule has 1 aromatic heterocycles. The molecule has 22 heavy (non-hydrogen) atoms. The van der Waals surface area contributed by atoms with Gasteiger partial charge >= 0.3 is 0 Å². The number of aromatic nitrogens is 3. The van der Waals surface area contributed by atoms with Crippen LogP contribution in [-0.4, -0.2) is 45.3 Å². The first kappa shape index (κ1) is 16.8. The van der Waals surface area contributed by atoms with Crippen LogP contribution in [0.3, 0.4) is 0 Å². The normalized spacial score (nSPS) is 19.2. The van der Waals surface area contributed by atoms with Gasteiger partial charge in [0, 0.05) is 26.7 Å². The van der Waals surface area contributed by atoms with Crippen LogP contribution in [-0.2, 0) is 13.6 Å². The summed E-state index contributed by atoms with van der Waals surface area (Å²) in [6.45, 7) is 10.4. The Morgan fingerprint density at radius 3 is 2.77 bits per heavy atom. The molecule has 0 aromatic carbocycles. The molecule has 0 bridgehead atoms. The molecule has 1 saturated heterocycles. The molecule has 1 atom stereocenters. The van der Waals surface area contributed by atoms with Crippen LogP contribution >= 0.6 is 0 Å². The maximum atomic E-state index is 4.75. The van der Waals surface area contributed by atoms with Crippen LogP contribution in [0.5, 0.6) is 0 Å². The van der Waals surface area contributed by atoms with Gasteiger partial charge in [0.25, 0.3) is 0 Å². The van der Waals surface area contributed by atoms with Crippen LogP contribution in [0.1, 0.15) is 45.9 Å². The third-order valence-corrected chi connectivity index (χ3v) is 4.75. The number of rotatable bonds is 6. The maximum absolute atomic E-state index is 4.75. The largest absolute Gasteiger partial charge is 0.357 e. The third kappa shape index (κ3) is 3.99. The van der Waals surface area contributed by atoms with Gasteiger partial charge in [-0.1, -0.05) is 26.7 Å². The van der Waals surface area contributed by atoms with Gasteiger partial charge in [-0.2, -0.15) is 5.10 Å². The first-order chi connectivity index (χ1) is 10.7. The molecule has 2 heterocycles. The fourth-order valence-electron chi connectivity index (χ4n) is 3.35. The zero-order chi connectivity index (χ0) is 15.9. The molecular formula is C16H30N6. The Morgan fingerprint density at radius 2 is 2.18 bits per heavy atom. The lowest BCUT2D eigenvalue weighted by Gasteiger charge is -2.24. The minimum absolute atomic E-state index is 0.574. The number of aliphatic imine (C=N–C) groups is 1. The van der Waals surface area contributed by atoms with E-state index in [0.717, 1.165) is 43.3 Å². The Kier molecular flexibility index (Phi) is 6.21. The van der Waals surface area contributed by atoms with E-state index >= 15 is 0 Å². The van der Waals surface area contributed by atoms with Gasteiger partial charge in [0.15, 0.2) is 5.96 Å². The number of likely N-dealkylation sites (tertiary alicyclic amines) is 1. The predicted molar refractivity (Wildman–Crippen MR) is 89.6 cm³/mol. The summed E-state index contributed by atoms with van der Waals surface area (Å²) in [5, 5.41) is 7.52. The van der Waals surface area contributed by atoms with E-state index in [2.05, 4.69) is 41.1 Å². The van der Waals surface area contributed by atoms with Crippen LogP contribution in [0, 0.1) is 11.8 Å². The van der Waals surface area contributed by atoms with E-state index in [4.69, 9.17) is 4.99 Å². The molecule has 0 saturated carbocycles. The van der Waals surface area contributed by atoms with Gasteiger partial charge in [0.2, 0.25) is 0 Å². The molecule has 1 aliphatic rings. The lowest BCUT2D eigenvalue weighted by atomic mass is 9.87. The van der Waals surface area contributed by atoms with Crippen molar-refractivity contribution in [3.63, 3.8) is 0 Å². The first-order valence-corrected chi connectivity index (χ1v) is 8.55. The second-order valence-corrected chi connectivity index (χ2v) is 6.04. The molecule has 1 aliphatic heterocycles. The topological polar surface area (TPSA) is 58.3 Å². The van der Waals surface area contributed by atoms with Gasteiger partial charge in [-0.05, 0) is 25.2 Å². The monoisotopic (exact) mass is 306 g/mol. The third-order valence-electron chi connectivity index (χ3n) is 4.75. The predicted octanol–water partition coefficient (Wildman–Crippen LogP) is 2.04. The van der Waals surface area contributed by atoms with Crippen molar-refractivity contribution in [3.8, 4) is 0 Å². The lowest BCUT2D eigenvalue weighted by molar-refractivity contribution is 0.319. The van der Waals surface area contributed by atoms with Crippen molar-refractivity contribution >= 4 is 5.96 Å². The van der Waals surface area contributed by atoms with Crippen molar-refractivity contribution < 1.29 is 0 Å². The Balaban J connectivity index is 2.01. The highest BCUT2D eigenvalue weighted by Crippen LogP contribution is 2.28. The summed E-state index contributed by atoms with van der Waals surface area (Å²) in [4.78, 5) is 11.4. The van der Waals surface area contributed by atoms with E-state index in [0.29, 0.717) is 6.54 Å². The first-order valence-electron chi connectivity index (χ1n) is 8.55. The van der Waals surface area contributed by atoms with E-state index in [-0.39, 0.29) is 0 Å². The van der Waals surface area contributed by atoms with Crippen LogP contribution in [0.15, 0.2) is 11.3 Å². The number of guanidine groups is 1. The number of aryl methyl sites for hydroxylation is 1. The SMILES string of the molecule is CCNC(=NCc1ncnn1C)N1CCC(C(CC)CC)C1. The van der Waals surface area contributed by atoms with Crippen molar-refractivity contribution in [2.75, 3.05) is 19.6 Å². The van der Waals surface area contributed by atoms with Gasteiger partial charge in [-0.25, -0.2) is 9.98 Å². The summed E-state index contributed by atoms with van der Waals surface area (Å²) in [5.74, 6) is 3.55. The fourth-order valence-corrected chi connectivity index (χ4v) is 3.35. The maximum Gasteiger partial charge on any atom is 0.194 e. The summed E-state index contributed by atoms with van der Waals surface area (Å²) >= 11 is 0. The van der Waals surface area contributed by atoms with Gasteiger partial charge < -0.3 is 10.2 Å². The van der Waals surface area contributed by atoms with Crippen molar-refractivity contribution in [2.45, 2.75) is 46.6 Å². The average molecular weight is 306 g/mol. The van der Waals surface area contributed by atoms with E-state index in [1.807, 2.05) is 7.05 Å². The van der Waals surface area contributed by atoms with Gasteiger partial charge in [0.05, 0.1) is 0 Å². The Labute approximate surface area is 134 Å². The summed E-state index contributed by atoms with van der Waals surface area (Å²) < 4.78 is 1.78. The molecule has 6 nitrogen and oxygen atoms in total. The molecular weight excluding hydrogens is 276 g/mol. The van der Waals surface area contributed by atoms with Crippen molar-refractivity contribution in [1.82, 2.24) is 25.0 Å².